The number of rotatable bonds is 10. The molecule has 1 saturated heterocycles. The van der Waals surface area contributed by atoms with Crippen LogP contribution in [-0.2, 0) is 20.8 Å². The third kappa shape index (κ3) is 7.45. The first-order chi connectivity index (χ1) is 20.4. The molecule has 43 heavy (non-hydrogen) atoms. The highest BCUT2D eigenvalue weighted by atomic mass is 32.2. The third-order valence-electron chi connectivity index (χ3n) is 7.98. The van der Waals surface area contributed by atoms with E-state index in [0.29, 0.717) is 42.6 Å². The van der Waals surface area contributed by atoms with E-state index < -0.39 is 40.1 Å². The fourth-order valence-electron chi connectivity index (χ4n) is 5.40. The predicted octanol–water partition coefficient (Wildman–Crippen LogP) is 5.69. The van der Waals surface area contributed by atoms with Crippen LogP contribution in [0.1, 0.15) is 72.1 Å². The Labute approximate surface area is 249 Å². The number of nitrogens with zero attached hydrogens (tertiary/aromatic N) is 1. The molecule has 11 heteroatoms. The van der Waals surface area contributed by atoms with Crippen molar-refractivity contribution >= 4 is 27.2 Å². The van der Waals surface area contributed by atoms with E-state index in [2.05, 4.69) is 5.32 Å². The molecule has 0 aromatic heterocycles. The number of nitrogens with one attached hydrogen (secondary N) is 1. The van der Waals surface area contributed by atoms with Crippen LogP contribution in [0.5, 0.6) is 0 Å². The summed E-state index contributed by atoms with van der Waals surface area (Å²) in [7, 11) is -3.38. The number of hydrogen-bond donors (Lipinski definition) is 2. The molecule has 2 N–H and O–H groups in total. The van der Waals surface area contributed by atoms with Gasteiger partial charge < -0.3 is 15.3 Å². The van der Waals surface area contributed by atoms with Gasteiger partial charge in [0.1, 0.15) is 0 Å². The molecule has 7 nitrogen and oxygen atoms in total. The Bertz CT molecular complexity index is 1520. The highest BCUT2D eigenvalue weighted by Crippen LogP contribution is 2.36. The fourth-order valence-corrected chi connectivity index (χ4v) is 6.28. The number of benzene rings is 3. The van der Waals surface area contributed by atoms with E-state index >= 15 is 0 Å². The SMILES string of the molecule is CCC(=O)[C@@H]1CCC(c2ccc(C(F)(F)F)cc2)CN1c1ccc(C(=O)N[C@@H](CO)c2ccc(S(=O)(=O)CC)cc2)cc1. The number of ketones is 1. The molecule has 0 aliphatic carbocycles. The number of Topliss-reactive ketones (excluding diaryl/α,β-unsaturated/α-hetero) is 1. The minimum Gasteiger partial charge on any atom is -0.394 e. The summed E-state index contributed by atoms with van der Waals surface area (Å²) in [6, 6.07) is 16.7. The molecule has 1 aliphatic heterocycles. The quantitative estimate of drug-likeness (QED) is 0.303. The van der Waals surface area contributed by atoms with E-state index in [-0.39, 0.29) is 28.4 Å². The third-order valence-corrected chi connectivity index (χ3v) is 9.73. The first kappa shape index (κ1) is 32.2. The minimum atomic E-state index is -4.41. The Morgan fingerprint density at radius 2 is 1.58 bits per heavy atom. The molecule has 0 radical (unpaired) electrons. The van der Waals surface area contributed by atoms with Crippen molar-refractivity contribution in [2.45, 2.75) is 62.2 Å². The highest BCUT2D eigenvalue weighted by molar-refractivity contribution is 7.91. The molecule has 4 rings (SSSR count). The zero-order valence-corrected chi connectivity index (χ0v) is 24.8. The molecule has 0 bridgehead atoms. The molecule has 3 atom stereocenters. The van der Waals surface area contributed by atoms with Gasteiger partial charge in [-0.1, -0.05) is 38.1 Å². The van der Waals surface area contributed by atoms with E-state index in [9.17, 15) is 36.3 Å². The normalized spacial score (nSPS) is 18.2. The zero-order chi connectivity index (χ0) is 31.4. The van der Waals surface area contributed by atoms with Crippen LogP contribution in [0.25, 0.3) is 0 Å². The molecule has 1 heterocycles. The number of anilines is 1. The van der Waals surface area contributed by atoms with Gasteiger partial charge in [0.2, 0.25) is 0 Å². The number of aliphatic hydroxyl groups is 1. The van der Waals surface area contributed by atoms with Gasteiger partial charge in [0.05, 0.1) is 34.9 Å². The topological polar surface area (TPSA) is 104 Å². The Morgan fingerprint density at radius 3 is 2.12 bits per heavy atom. The van der Waals surface area contributed by atoms with Crippen LogP contribution in [0.3, 0.4) is 0 Å². The molecule has 1 amide bonds. The lowest BCUT2D eigenvalue weighted by Crippen LogP contribution is -2.47. The van der Waals surface area contributed by atoms with Crippen molar-refractivity contribution in [1.29, 1.82) is 0 Å². The summed E-state index contributed by atoms with van der Waals surface area (Å²) in [6.07, 6.45) is -2.85. The molecule has 1 unspecified atom stereocenters. The Kier molecular flexibility index (Phi) is 9.96. The lowest BCUT2D eigenvalue weighted by Gasteiger charge is -2.41. The van der Waals surface area contributed by atoms with Gasteiger partial charge in [-0.05, 0) is 72.5 Å². The lowest BCUT2D eigenvalue weighted by atomic mass is 9.85. The number of carbonyl (C=O) groups excluding carboxylic acids is 2. The second-order valence-corrected chi connectivity index (χ2v) is 12.9. The molecule has 0 saturated carbocycles. The Hall–Kier alpha value is -3.70. The van der Waals surface area contributed by atoms with Crippen LogP contribution in [0, 0.1) is 0 Å². The minimum absolute atomic E-state index is 0.0387. The number of amides is 1. The second-order valence-electron chi connectivity index (χ2n) is 10.6. The van der Waals surface area contributed by atoms with Crippen LogP contribution >= 0.6 is 0 Å². The lowest BCUT2D eigenvalue weighted by molar-refractivity contribution is -0.137. The van der Waals surface area contributed by atoms with Gasteiger partial charge in [0, 0.05) is 30.1 Å². The number of alkyl halides is 3. The number of sulfone groups is 1. The van der Waals surface area contributed by atoms with Crippen LogP contribution in [0.4, 0.5) is 18.9 Å². The van der Waals surface area contributed by atoms with Crippen molar-refractivity contribution in [3.05, 3.63) is 95.1 Å². The number of piperidine rings is 1. The molecule has 3 aromatic carbocycles. The Morgan fingerprint density at radius 1 is 0.953 bits per heavy atom. The van der Waals surface area contributed by atoms with Crippen molar-refractivity contribution in [2.24, 2.45) is 0 Å². The maximum atomic E-state index is 13.0. The fraction of sp³-hybridized carbons (Fsp3) is 0.375. The molecular formula is C32H35F3N2O5S. The number of aliphatic hydroxyl groups excluding tert-OH is 1. The zero-order valence-electron chi connectivity index (χ0n) is 24.0. The number of carbonyl (C=O) groups is 2. The van der Waals surface area contributed by atoms with Crippen molar-refractivity contribution < 1.29 is 36.3 Å². The summed E-state index contributed by atoms with van der Waals surface area (Å²) >= 11 is 0. The number of hydrogen-bond acceptors (Lipinski definition) is 6. The second kappa shape index (κ2) is 13.3. The van der Waals surface area contributed by atoms with E-state index in [4.69, 9.17) is 0 Å². The molecule has 0 spiro atoms. The van der Waals surface area contributed by atoms with Crippen LogP contribution in [-0.4, -0.2) is 50.2 Å². The van der Waals surface area contributed by atoms with Crippen molar-refractivity contribution in [3.63, 3.8) is 0 Å². The first-order valence-corrected chi connectivity index (χ1v) is 15.8. The first-order valence-electron chi connectivity index (χ1n) is 14.2. The summed E-state index contributed by atoms with van der Waals surface area (Å²) in [6.45, 7) is 3.38. The molecule has 3 aromatic rings. The van der Waals surface area contributed by atoms with E-state index in [0.717, 1.165) is 17.7 Å². The molecule has 1 aliphatic rings. The standard InChI is InChI=1S/C32H35F3N2O5S/c1-3-30(39)29-18-11-24(21-5-12-25(13-6-21)32(33,34)35)19-37(29)26-14-7-23(8-15-26)31(40)36-28(20-38)22-9-16-27(17-10-22)43(41,42)4-2/h5-10,12-17,24,28-29,38H,3-4,11,18-20H2,1-2H3,(H,36,40)/t24?,28-,29-/m0/s1. The van der Waals surface area contributed by atoms with Gasteiger partial charge >= 0.3 is 6.18 Å². The van der Waals surface area contributed by atoms with Crippen molar-refractivity contribution in [3.8, 4) is 0 Å². The largest absolute Gasteiger partial charge is 0.416 e. The van der Waals surface area contributed by atoms with Gasteiger partial charge in [-0.3, -0.25) is 9.59 Å². The molecule has 230 valence electrons. The van der Waals surface area contributed by atoms with Crippen molar-refractivity contribution in [1.82, 2.24) is 5.32 Å². The van der Waals surface area contributed by atoms with Crippen LogP contribution < -0.4 is 10.2 Å². The summed E-state index contributed by atoms with van der Waals surface area (Å²) in [5.41, 5.74) is 1.65. The van der Waals surface area contributed by atoms with Crippen LogP contribution in [0.2, 0.25) is 0 Å². The summed E-state index contributed by atoms with van der Waals surface area (Å²) in [4.78, 5) is 28.0. The summed E-state index contributed by atoms with van der Waals surface area (Å²) in [5, 5.41) is 12.7. The number of halogens is 3. The highest BCUT2D eigenvalue weighted by Gasteiger charge is 2.34. The summed E-state index contributed by atoms with van der Waals surface area (Å²) < 4.78 is 63.3. The smallest absolute Gasteiger partial charge is 0.394 e. The van der Waals surface area contributed by atoms with E-state index in [1.54, 1.807) is 50.2 Å². The maximum Gasteiger partial charge on any atom is 0.416 e. The predicted molar refractivity (Wildman–Crippen MR) is 158 cm³/mol. The maximum absolute atomic E-state index is 13.0. The van der Waals surface area contributed by atoms with E-state index in [1.807, 2.05) is 4.90 Å². The summed E-state index contributed by atoms with van der Waals surface area (Å²) in [5.74, 6) is -0.493. The molecule has 1 fully saturated rings. The van der Waals surface area contributed by atoms with E-state index in [1.165, 1.54) is 24.3 Å². The van der Waals surface area contributed by atoms with Crippen LogP contribution in [0.15, 0.2) is 77.7 Å². The van der Waals surface area contributed by atoms with Gasteiger partial charge in [0.25, 0.3) is 5.91 Å². The van der Waals surface area contributed by atoms with Gasteiger partial charge in [-0.25, -0.2) is 8.42 Å². The average molecular weight is 617 g/mol. The monoisotopic (exact) mass is 616 g/mol. The average Bonchev–Trinajstić information content (AvgIpc) is 3.02. The molecular weight excluding hydrogens is 581 g/mol. The van der Waals surface area contributed by atoms with Gasteiger partial charge in [-0.15, -0.1) is 0 Å². The van der Waals surface area contributed by atoms with Crippen molar-refractivity contribution in [2.75, 3.05) is 23.8 Å². The van der Waals surface area contributed by atoms with Gasteiger partial charge in [-0.2, -0.15) is 13.2 Å². The van der Waals surface area contributed by atoms with Gasteiger partial charge in [0.15, 0.2) is 15.6 Å². The Balaban J connectivity index is 1.50.